The highest BCUT2D eigenvalue weighted by molar-refractivity contribution is 8.00. The third-order valence-corrected chi connectivity index (χ3v) is 3.42. The molecule has 0 aliphatic carbocycles. The van der Waals surface area contributed by atoms with Crippen molar-refractivity contribution >= 4 is 29.5 Å². The van der Waals surface area contributed by atoms with Gasteiger partial charge in [0.1, 0.15) is 13.1 Å². The molecule has 1 heterocycles. The van der Waals surface area contributed by atoms with Crippen molar-refractivity contribution in [3.8, 4) is 0 Å². The average Bonchev–Trinajstić information content (AvgIpc) is 2.75. The van der Waals surface area contributed by atoms with Gasteiger partial charge in [0.25, 0.3) is 0 Å². The van der Waals surface area contributed by atoms with Crippen molar-refractivity contribution in [3.05, 3.63) is 12.7 Å². The molecule has 0 unspecified atom stereocenters. The first kappa shape index (κ1) is 15.6. The Morgan fingerprint density at radius 3 is 2.84 bits per heavy atom. The van der Waals surface area contributed by atoms with Gasteiger partial charge in [0.05, 0.1) is 18.2 Å². The molecule has 19 heavy (non-hydrogen) atoms. The van der Waals surface area contributed by atoms with Crippen molar-refractivity contribution in [2.24, 2.45) is 0 Å². The molecule has 1 fully saturated rings. The quantitative estimate of drug-likeness (QED) is 0.490. The first-order valence-corrected chi connectivity index (χ1v) is 7.13. The largest absolute Gasteiger partial charge is 0.465 e. The van der Waals surface area contributed by atoms with Gasteiger partial charge >= 0.3 is 5.97 Å². The van der Waals surface area contributed by atoms with E-state index >= 15 is 0 Å². The summed E-state index contributed by atoms with van der Waals surface area (Å²) < 4.78 is 4.81. The number of ether oxygens (including phenoxy) is 1. The van der Waals surface area contributed by atoms with E-state index in [1.807, 2.05) is 0 Å². The van der Waals surface area contributed by atoms with Gasteiger partial charge in [-0.3, -0.25) is 14.4 Å². The molecule has 0 spiro atoms. The predicted molar refractivity (Wildman–Crippen MR) is 72.4 cm³/mol. The molecule has 0 aromatic rings. The lowest BCUT2D eigenvalue weighted by molar-refractivity contribution is -0.149. The molecule has 0 aromatic carbocycles. The fourth-order valence-corrected chi connectivity index (χ4v) is 2.48. The minimum atomic E-state index is -0.458. The highest BCUT2D eigenvalue weighted by Crippen LogP contribution is 2.14. The molecule has 6 nitrogen and oxygen atoms in total. The lowest BCUT2D eigenvalue weighted by atomic mass is 10.4. The van der Waals surface area contributed by atoms with Crippen LogP contribution in [0, 0.1) is 0 Å². The van der Waals surface area contributed by atoms with Gasteiger partial charge in [-0.25, -0.2) is 0 Å². The Kier molecular flexibility index (Phi) is 6.41. The summed E-state index contributed by atoms with van der Waals surface area (Å²) in [6, 6.07) is 0. The van der Waals surface area contributed by atoms with E-state index in [4.69, 9.17) is 4.74 Å². The summed E-state index contributed by atoms with van der Waals surface area (Å²) in [4.78, 5) is 37.7. The lowest BCUT2D eigenvalue weighted by Gasteiger charge is -2.23. The average molecular weight is 286 g/mol. The standard InChI is InChI=1S/C12H18N2O4S/c1-3-5-13(7-12(17)18-4-2)10(15)6-14-9-19-8-11(14)16/h3H,1,4-9H2,2H3. The maximum atomic E-state index is 12.0. The van der Waals surface area contributed by atoms with Gasteiger partial charge < -0.3 is 14.5 Å². The van der Waals surface area contributed by atoms with Gasteiger partial charge in [-0.1, -0.05) is 6.08 Å². The summed E-state index contributed by atoms with van der Waals surface area (Å²) in [6.07, 6.45) is 1.54. The Hall–Kier alpha value is -1.50. The van der Waals surface area contributed by atoms with Crippen LogP contribution >= 0.6 is 11.8 Å². The number of hydrogen-bond donors (Lipinski definition) is 0. The van der Waals surface area contributed by atoms with E-state index in [0.717, 1.165) is 0 Å². The highest BCUT2D eigenvalue weighted by atomic mass is 32.2. The van der Waals surface area contributed by atoms with Crippen molar-refractivity contribution in [2.75, 3.05) is 37.9 Å². The molecule has 1 aliphatic heterocycles. The van der Waals surface area contributed by atoms with E-state index in [1.165, 1.54) is 27.6 Å². The van der Waals surface area contributed by atoms with E-state index in [0.29, 0.717) is 11.6 Å². The van der Waals surface area contributed by atoms with E-state index < -0.39 is 5.97 Å². The van der Waals surface area contributed by atoms with Crippen LogP contribution in [0.5, 0.6) is 0 Å². The number of carbonyl (C=O) groups is 3. The summed E-state index contributed by atoms with van der Waals surface area (Å²) in [5, 5.41) is 0. The van der Waals surface area contributed by atoms with Crippen LogP contribution in [0.2, 0.25) is 0 Å². The molecule has 106 valence electrons. The number of amides is 2. The van der Waals surface area contributed by atoms with Crippen LogP contribution in [0.1, 0.15) is 6.92 Å². The zero-order valence-corrected chi connectivity index (χ0v) is 11.8. The topological polar surface area (TPSA) is 66.9 Å². The first-order valence-electron chi connectivity index (χ1n) is 5.98. The molecule has 0 saturated carbocycles. The summed E-state index contributed by atoms with van der Waals surface area (Å²) >= 11 is 1.47. The number of thioether (sulfide) groups is 1. The van der Waals surface area contributed by atoms with Crippen molar-refractivity contribution in [2.45, 2.75) is 6.92 Å². The van der Waals surface area contributed by atoms with Gasteiger partial charge in [-0.05, 0) is 6.92 Å². The van der Waals surface area contributed by atoms with Crippen molar-refractivity contribution in [1.29, 1.82) is 0 Å². The van der Waals surface area contributed by atoms with E-state index in [2.05, 4.69) is 6.58 Å². The summed E-state index contributed by atoms with van der Waals surface area (Å²) in [5.74, 6) is 0.148. The van der Waals surface area contributed by atoms with Crippen LogP contribution in [0.3, 0.4) is 0 Å². The lowest BCUT2D eigenvalue weighted by Crippen LogP contribution is -2.43. The third-order valence-electron chi connectivity index (χ3n) is 2.48. The van der Waals surface area contributed by atoms with Gasteiger partial charge in [0.2, 0.25) is 11.8 Å². The molecule has 0 bridgehead atoms. The molecule has 1 rings (SSSR count). The summed E-state index contributed by atoms with van der Waals surface area (Å²) in [5.41, 5.74) is 0. The maximum Gasteiger partial charge on any atom is 0.325 e. The first-order chi connectivity index (χ1) is 9.08. The van der Waals surface area contributed by atoms with Crippen LogP contribution in [0.25, 0.3) is 0 Å². The fraction of sp³-hybridized carbons (Fsp3) is 0.583. The minimum Gasteiger partial charge on any atom is -0.465 e. The number of carbonyl (C=O) groups excluding carboxylic acids is 3. The molecule has 7 heteroatoms. The number of nitrogens with zero attached hydrogens (tertiary/aromatic N) is 2. The normalized spacial score (nSPS) is 14.4. The Labute approximate surface area is 116 Å². The van der Waals surface area contributed by atoms with Gasteiger partial charge in [0.15, 0.2) is 0 Å². The predicted octanol–water partition coefficient (Wildman–Crippen LogP) is 0.0970. The highest BCUT2D eigenvalue weighted by Gasteiger charge is 2.25. The van der Waals surface area contributed by atoms with Crippen LogP contribution in [-0.4, -0.2) is 65.5 Å². The number of hydrogen-bond acceptors (Lipinski definition) is 5. The van der Waals surface area contributed by atoms with E-state index in [1.54, 1.807) is 6.92 Å². The number of esters is 1. The third kappa shape index (κ3) is 4.94. The zero-order valence-electron chi connectivity index (χ0n) is 11.0. The second-order valence-electron chi connectivity index (χ2n) is 3.94. The van der Waals surface area contributed by atoms with Crippen LogP contribution in [-0.2, 0) is 19.1 Å². The van der Waals surface area contributed by atoms with Crippen LogP contribution in [0.4, 0.5) is 0 Å². The summed E-state index contributed by atoms with van der Waals surface area (Å²) in [7, 11) is 0. The second kappa shape index (κ2) is 7.83. The molecular formula is C12H18N2O4S. The molecule has 1 saturated heterocycles. The zero-order chi connectivity index (χ0) is 14.3. The Balaban J connectivity index is 2.54. The second-order valence-corrected chi connectivity index (χ2v) is 4.89. The van der Waals surface area contributed by atoms with Crippen molar-refractivity contribution in [3.63, 3.8) is 0 Å². The van der Waals surface area contributed by atoms with Gasteiger partial charge in [-0.2, -0.15) is 0 Å². The van der Waals surface area contributed by atoms with E-state index in [-0.39, 0.29) is 38.1 Å². The molecular weight excluding hydrogens is 268 g/mol. The SMILES string of the molecule is C=CCN(CC(=O)OCC)C(=O)CN1CSCC1=O. The minimum absolute atomic E-state index is 0.000914. The summed E-state index contributed by atoms with van der Waals surface area (Å²) in [6.45, 7) is 5.67. The van der Waals surface area contributed by atoms with Crippen molar-refractivity contribution in [1.82, 2.24) is 9.80 Å². The van der Waals surface area contributed by atoms with Crippen LogP contribution in [0.15, 0.2) is 12.7 Å². The molecule has 0 aromatic heterocycles. The Morgan fingerprint density at radius 1 is 1.58 bits per heavy atom. The maximum absolute atomic E-state index is 12.0. The molecule has 0 N–H and O–H groups in total. The molecule has 0 radical (unpaired) electrons. The van der Waals surface area contributed by atoms with Crippen molar-refractivity contribution < 1.29 is 19.1 Å². The van der Waals surface area contributed by atoms with Crippen LogP contribution < -0.4 is 0 Å². The Bertz CT molecular complexity index is 373. The van der Waals surface area contributed by atoms with E-state index in [9.17, 15) is 14.4 Å². The molecule has 1 aliphatic rings. The smallest absolute Gasteiger partial charge is 0.325 e. The Morgan fingerprint density at radius 2 is 2.32 bits per heavy atom. The fourth-order valence-electron chi connectivity index (χ4n) is 1.58. The van der Waals surface area contributed by atoms with Gasteiger partial charge in [-0.15, -0.1) is 18.3 Å². The van der Waals surface area contributed by atoms with Gasteiger partial charge in [0, 0.05) is 6.54 Å². The number of rotatable bonds is 7. The monoisotopic (exact) mass is 286 g/mol. The molecule has 0 atom stereocenters. The molecule has 2 amide bonds.